The first-order chi connectivity index (χ1) is 12.9. The number of sulfonamides is 1. The molecule has 1 N–H and O–H groups in total. The van der Waals surface area contributed by atoms with Gasteiger partial charge in [0, 0.05) is 13.1 Å². The molecule has 1 fully saturated rings. The molecular weight excluding hydrogens is 360 g/mol. The second-order valence-electron chi connectivity index (χ2n) is 7.10. The monoisotopic (exact) mass is 386 g/mol. The Morgan fingerprint density at radius 2 is 1.78 bits per heavy atom. The van der Waals surface area contributed by atoms with Crippen LogP contribution in [0.15, 0.2) is 59.5 Å². The quantitative estimate of drug-likeness (QED) is 0.858. The highest BCUT2D eigenvalue weighted by Crippen LogP contribution is 2.25. The molecule has 0 radical (unpaired) electrons. The first kappa shape index (κ1) is 19.6. The van der Waals surface area contributed by atoms with Gasteiger partial charge >= 0.3 is 0 Å². The van der Waals surface area contributed by atoms with Crippen LogP contribution in [0.2, 0.25) is 0 Å². The van der Waals surface area contributed by atoms with Crippen molar-refractivity contribution in [2.45, 2.75) is 37.6 Å². The zero-order chi connectivity index (χ0) is 19.4. The average Bonchev–Trinajstić information content (AvgIpc) is 2.69. The number of carbonyl (C=O) groups is 1. The number of nitrogens with zero attached hydrogens (tertiary/aromatic N) is 1. The number of carbonyl (C=O) groups excluding carboxylic acids is 1. The zero-order valence-corrected chi connectivity index (χ0v) is 16.6. The van der Waals surface area contributed by atoms with E-state index in [1.165, 1.54) is 4.31 Å². The molecule has 0 bridgehead atoms. The molecule has 6 heteroatoms. The zero-order valence-electron chi connectivity index (χ0n) is 15.8. The summed E-state index contributed by atoms with van der Waals surface area (Å²) in [7, 11) is -3.56. The van der Waals surface area contributed by atoms with Crippen LogP contribution in [-0.4, -0.2) is 31.7 Å². The van der Waals surface area contributed by atoms with Gasteiger partial charge in [0.05, 0.1) is 16.9 Å². The van der Waals surface area contributed by atoms with Crippen LogP contribution in [0, 0.1) is 12.8 Å². The van der Waals surface area contributed by atoms with Gasteiger partial charge in [0.1, 0.15) is 0 Å². The van der Waals surface area contributed by atoms with Crippen LogP contribution in [0.4, 0.5) is 0 Å². The number of amides is 1. The Bertz CT molecular complexity index is 897. The Hall–Kier alpha value is -2.18. The average molecular weight is 387 g/mol. The van der Waals surface area contributed by atoms with Crippen LogP contribution in [-0.2, 0) is 14.8 Å². The highest BCUT2D eigenvalue weighted by atomic mass is 32.2. The topological polar surface area (TPSA) is 66.5 Å². The Morgan fingerprint density at radius 3 is 2.48 bits per heavy atom. The minimum absolute atomic E-state index is 0.0845. The molecule has 2 atom stereocenters. The lowest BCUT2D eigenvalue weighted by atomic mass is 9.97. The molecule has 2 aromatic rings. The molecule has 0 saturated carbocycles. The minimum Gasteiger partial charge on any atom is -0.349 e. The second-order valence-corrected chi connectivity index (χ2v) is 9.04. The van der Waals surface area contributed by atoms with E-state index in [0.717, 1.165) is 11.1 Å². The molecular formula is C21H26N2O3S. The number of aryl methyl sites for hydroxylation is 1. The molecule has 1 amide bonds. The molecule has 0 aromatic heterocycles. The van der Waals surface area contributed by atoms with Gasteiger partial charge < -0.3 is 5.32 Å². The van der Waals surface area contributed by atoms with E-state index >= 15 is 0 Å². The van der Waals surface area contributed by atoms with Crippen molar-refractivity contribution in [3.8, 4) is 0 Å². The van der Waals surface area contributed by atoms with Crippen LogP contribution in [0.5, 0.6) is 0 Å². The summed E-state index contributed by atoms with van der Waals surface area (Å²) in [6.45, 7) is 4.66. The summed E-state index contributed by atoms with van der Waals surface area (Å²) in [6.07, 6.45) is 1.38. The van der Waals surface area contributed by atoms with Crippen molar-refractivity contribution in [1.29, 1.82) is 0 Å². The summed E-state index contributed by atoms with van der Waals surface area (Å²) >= 11 is 0. The summed E-state index contributed by atoms with van der Waals surface area (Å²) in [5.41, 5.74) is 2.21. The molecule has 0 unspecified atom stereocenters. The third-order valence-corrected chi connectivity index (χ3v) is 7.03. The maximum absolute atomic E-state index is 12.8. The van der Waals surface area contributed by atoms with E-state index in [0.29, 0.717) is 19.4 Å². The van der Waals surface area contributed by atoms with Gasteiger partial charge in [-0.2, -0.15) is 4.31 Å². The molecule has 1 aliphatic heterocycles. The number of piperidine rings is 1. The molecule has 2 aromatic carbocycles. The lowest BCUT2D eigenvalue weighted by molar-refractivity contribution is -0.126. The number of hydrogen-bond acceptors (Lipinski definition) is 3. The Kier molecular flexibility index (Phi) is 5.97. The van der Waals surface area contributed by atoms with Gasteiger partial charge in [-0.25, -0.2) is 8.42 Å². The van der Waals surface area contributed by atoms with E-state index in [9.17, 15) is 13.2 Å². The smallest absolute Gasteiger partial charge is 0.243 e. The van der Waals surface area contributed by atoms with Crippen LogP contribution < -0.4 is 5.32 Å². The fourth-order valence-corrected chi connectivity index (χ4v) is 5.14. The predicted molar refractivity (Wildman–Crippen MR) is 106 cm³/mol. The fourth-order valence-electron chi connectivity index (χ4n) is 3.60. The van der Waals surface area contributed by atoms with E-state index in [1.807, 2.05) is 38.1 Å². The first-order valence-electron chi connectivity index (χ1n) is 9.30. The third-order valence-electron chi connectivity index (χ3n) is 5.15. The summed E-state index contributed by atoms with van der Waals surface area (Å²) in [5, 5.41) is 3.06. The molecule has 0 aliphatic carbocycles. The second kappa shape index (κ2) is 8.23. The number of nitrogens with one attached hydrogen (secondary N) is 1. The molecule has 1 aliphatic rings. The molecule has 1 heterocycles. The molecule has 3 rings (SSSR count). The van der Waals surface area contributed by atoms with Crippen molar-refractivity contribution in [1.82, 2.24) is 9.62 Å². The van der Waals surface area contributed by atoms with Gasteiger partial charge in [-0.3, -0.25) is 4.79 Å². The minimum atomic E-state index is -3.56. The molecule has 1 saturated heterocycles. The van der Waals surface area contributed by atoms with Crippen molar-refractivity contribution in [3.63, 3.8) is 0 Å². The lowest BCUT2D eigenvalue weighted by Gasteiger charge is -2.32. The SMILES string of the molecule is Cc1ccccc1[C@@H](C)NC(=O)[C@H]1CCCN(S(=O)(=O)c2ccccc2)C1. The first-order valence-corrected chi connectivity index (χ1v) is 10.7. The van der Waals surface area contributed by atoms with E-state index in [2.05, 4.69) is 5.32 Å². The van der Waals surface area contributed by atoms with Crippen LogP contribution in [0.1, 0.15) is 36.9 Å². The van der Waals surface area contributed by atoms with Gasteiger partial charge in [-0.15, -0.1) is 0 Å². The largest absolute Gasteiger partial charge is 0.349 e. The molecule has 5 nitrogen and oxygen atoms in total. The Balaban J connectivity index is 1.69. The van der Waals surface area contributed by atoms with Crippen LogP contribution in [0.3, 0.4) is 0 Å². The maximum atomic E-state index is 12.8. The van der Waals surface area contributed by atoms with Crippen molar-refractivity contribution >= 4 is 15.9 Å². The summed E-state index contributed by atoms with van der Waals surface area (Å²) < 4.78 is 27.1. The van der Waals surface area contributed by atoms with Crippen LogP contribution in [0.25, 0.3) is 0 Å². The summed E-state index contributed by atoms with van der Waals surface area (Å²) in [6, 6.07) is 16.3. The Morgan fingerprint density at radius 1 is 1.11 bits per heavy atom. The highest BCUT2D eigenvalue weighted by molar-refractivity contribution is 7.89. The van der Waals surface area contributed by atoms with Gasteiger partial charge in [0.2, 0.25) is 15.9 Å². The highest BCUT2D eigenvalue weighted by Gasteiger charge is 2.33. The lowest BCUT2D eigenvalue weighted by Crippen LogP contribution is -2.45. The summed E-state index contributed by atoms with van der Waals surface area (Å²) in [4.78, 5) is 13.0. The Labute approximate surface area is 161 Å². The van der Waals surface area contributed by atoms with E-state index < -0.39 is 10.0 Å². The van der Waals surface area contributed by atoms with Gasteiger partial charge in [0.15, 0.2) is 0 Å². The normalized spacial score (nSPS) is 19.4. The summed E-state index contributed by atoms with van der Waals surface area (Å²) in [5.74, 6) is -0.414. The van der Waals surface area contributed by atoms with Gasteiger partial charge in [0.25, 0.3) is 0 Å². The number of benzene rings is 2. The number of hydrogen-bond donors (Lipinski definition) is 1. The van der Waals surface area contributed by atoms with Gasteiger partial charge in [-0.1, -0.05) is 42.5 Å². The standard InChI is InChI=1S/C21H26N2O3S/c1-16-9-6-7-13-20(16)17(2)22-21(24)18-10-8-14-23(15-18)27(25,26)19-11-4-3-5-12-19/h3-7,9,11-13,17-18H,8,10,14-15H2,1-2H3,(H,22,24)/t17-,18+/m1/s1. The van der Waals surface area contributed by atoms with Crippen LogP contribution >= 0.6 is 0 Å². The molecule has 144 valence electrons. The predicted octanol–water partition coefficient (Wildman–Crippen LogP) is 3.27. The van der Waals surface area contributed by atoms with E-state index in [-0.39, 0.29) is 29.3 Å². The molecule has 0 spiro atoms. The maximum Gasteiger partial charge on any atom is 0.243 e. The van der Waals surface area contributed by atoms with Crippen molar-refractivity contribution in [2.24, 2.45) is 5.92 Å². The fraction of sp³-hybridized carbons (Fsp3) is 0.381. The van der Waals surface area contributed by atoms with E-state index in [4.69, 9.17) is 0 Å². The van der Waals surface area contributed by atoms with Crippen molar-refractivity contribution < 1.29 is 13.2 Å². The van der Waals surface area contributed by atoms with Crippen molar-refractivity contribution in [2.75, 3.05) is 13.1 Å². The van der Waals surface area contributed by atoms with E-state index in [1.54, 1.807) is 30.3 Å². The van der Waals surface area contributed by atoms with Gasteiger partial charge in [-0.05, 0) is 49.9 Å². The number of rotatable bonds is 5. The molecule has 27 heavy (non-hydrogen) atoms. The third kappa shape index (κ3) is 4.39. The van der Waals surface area contributed by atoms with Crippen molar-refractivity contribution in [3.05, 3.63) is 65.7 Å².